The Morgan fingerprint density at radius 1 is 0.909 bits per heavy atom. The molecule has 0 aromatic rings. The predicted octanol–water partition coefficient (Wildman–Crippen LogP) is 6.61. The fourth-order valence-electron chi connectivity index (χ4n) is 7.76. The van der Waals surface area contributed by atoms with Gasteiger partial charge in [-0.05, 0) is 105 Å². The maximum Gasteiger partial charge on any atom is -0.0266 e. The number of hydrogen-bond donors (Lipinski definition) is 0. The summed E-state index contributed by atoms with van der Waals surface area (Å²) in [6, 6.07) is 0. The molecule has 0 bridgehead atoms. The van der Waals surface area contributed by atoms with Gasteiger partial charge in [-0.2, -0.15) is 0 Å². The Labute approximate surface area is 138 Å². The molecule has 7 atom stereocenters. The van der Waals surface area contributed by atoms with E-state index in [1.54, 1.807) is 44.9 Å². The van der Waals surface area contributed by atoms with Crippen LogP contribution in [0.25, 0.3) is 0 Å². The van der Waals surface area contributed by atoms with Crippen LogP contribution < -0.4 is 0 Å². The van der Waals surface area contributed by atoms with Gasteiger partial charge in [-0.1, -0.05) is 25.8 Å². The van der Waals surface area contributed by atoms with Crippen molar-refractivity contribution in [2.75, 3.05) is 0 Å². The van der Waals surface area contributed by atoms with Gasteiger partial charge < -0.3 is 0 Å². The SMILES string of the molecule is C=CCCC1CCC2C1CCC1C2CCC2CCCCC21C. The summed E-state index contributed by atoms with van der Waals surface area (Å²) in [7, 11) is 0. The molecule has 0 nitrogen and oxygen atoms in total. The molecule has 0 radical (unpaired) electrons. The Morgan fingerprint density at radius 3 is 2.59 bits per heavy atom. The zero-order chi connectivity index (χ0) is 15.2. The lowest BCUT2D eigenvalue weighted by molar-refractivity contribution is -0.0870. The van der Waals surface area contributed by atoms with Crippen molar-refractivity contribution in [1.82, 2.24) is 0 Å². The first-order valence-corrected chi connectivity index (χ1v) is 10.3. The molecule has 4 aliphatic carbocycles. The van der Waals surface area contributed by atoms with Crippen LogP contribution in [0.5, 0.6) is 0 Å². The van der Waals surface area contributed by atoms with Crippen molar-refractivity contribution in [3.8, 4) is 0 Å². The Balaban J connectivity index is 1.51. The van der Waals surface area contributed by atoms with Gasteiger partial charge in [0.15, 0.2) is 0 Å². The minimum absolute atomic E-state index is 0.728. The van der Waals surface area contributed by atoms with Crippen molar-refractivity contribution >= 4 is 0 Å². The van der Waals surface area contributed by atoms with Crippen LogP contribution in [0.4, 0.5) is 0 Å². The van der Waals surface area contributed by atoms with E-state index in [2.05, 4.69) is 19.6 Å². The lowest BCUT2D eigenvalue weighted by Crippen LogP contribution is -2.50. The van der Waals surface area contributed by atoms with Crippen molar-refractivity contribution in [2.24, 2.45) is 40.9 Å². The smallest absolute Gasteiger partial charge is 0.0266 e. The van der Waals surface area contributed by atoms with E-state index in [0.29, 0.717) is 0 Å². The van der Waals surface area contributed by atoms with Gasteiger partial charge in [-0.25, -0.2) is 0 Å². The highest BCUT2D eigenvalue weighted by molar-refractivity contribution is 5.04. The van der Waals surface area contributed by atoms with Crippen LogP contribution in [-0.2, 0) is 0 Å². The van der Waals surface area contributed by atoms with E-state index < -0.39 is 0 Å². The molecule has 0 aromatic carbocycles. The average Bonchev–Trinajstić information content (AvgIpc) is 2.95. The molecule has 0 heterocycles. The third-order valence-electron chi connectivity index (χ3n) is 8.79. The van der Waals surface area contributed by atoms with Crippen molar-refractivity contribution < 1.29 is 0 Å². The number of rotatable bonds is 3. The maximum absolute atomic E-state index is 3.95. The molecule has 0 amide bonds. The van der Waals surface area contributed by atoms with Crippen molar-refractivity contribution in [1.29, 1.82) is 0 Å². The zero-order valence-corrected chi connectivity index (χ0v) is 14.7. The van der Waals surface area contributed by atoms with Crippen LogP contribution in [0.1, 0.15) is 84.0 Å². The van der Waals surface area contributed by atoms with E-state index in [4.69, 9.17) is 0 Å². The summed E-state index contributed by atoms with van der Waals surface area (Å²) in [5, 5.41) is 0. The number of allylic oxidation sites excluding steroid dienone is 1. The molecule has 0 N–H and O–H groups in total. The average molecular weight is 301 g/mol. The first-order valence-electron chi connectivity index (χ1n) is 10.3. The predicted molar refractivity (Wildman–Crippen MR) is 94.6 cm³/mol. The van der Waals surface area contributed by atoms with Gasteiger partial charge in [-0.15, -0.1) is 6.58 Å². The largest absolute Gasteiger partial charge is 0.103 e. The van der Waals surface area contributed by atoms with Crippen LogP contribution >= 0.6 is 0 Å². The van der Waals surface area contributed by atoms with Crippen molar-refractivity contribution in [2.45, 2.75) is 84.0 Å². The maximum atomic E-state index is 3.95. The summed E-state index contributed by atoms with van der Waals surface area (Å²) in [6.07, 6.45) is 20.4. The van der Waals surface area contributed by atoms with Gasteiger partial charge in [0.2, 0.25) is 0 Å². The highest BCUT2D eigenvalue weighted by atomic mass is 14.6. The Bertz CT molecular complexity index is 410. The molecule has 22 heavy (non-hydrogen) atoms. The Kier molecular flexibility index (Phi) is 4.16. The fourth-order valence-corrected chi connectivity index (χ4v) is 7.76. The fraction of sp³-hybridized carbons (Fsp3) is 0.909. The normalized spacial score (nSPS) is 50.8. The lowest BCUT2D eigenvalue weighted by atomic mass is 9.47. The first-order chi connectivity index (χ1) is 10.7. The summed E-state index contributed by atoms with van der Waals surface area (Å²) in [4.78, 5) is 0. The number of hydrogen-bond acceptors (Lipinski definition) is 0. The molecule has 0 aromatic heterocycles. The van der Waals surface area contributed by atoms with Gasteiger partial charge >= 0.3 is 0 Å². The lowest BCUT2D eigenvalue weighted by Gasteiger charge is -2.58. The molecule has 7 unspecified atom stereocenters. The van der Waals surface area contributed by atoms with Gasteiger partial charge in [0.05, 0.1) is 0 Å². The Morgan fingerprint density at radius 2 is 1.73 bits per heavy atom. The van der Waals surface area contributed by atoms with Gasteiger partial charge in [-0.3, -0.25) is 0 Å². The monoisotopic (exact) mass is 300 g/mol. The van der Waals surface area contributed by atoms with Crippen LogP contribution in [0.15, 0.2) is 12.7 Å². The molecule has 4 aliphatic rings. The molecular formula is C22H36. The second-order valence-corrected chi connectivity index (χ2v) is 9.40. The van der Waals surface area contributed by atoms with E-state index in [9.17, 15) is 0 Å². The third kappa shape index (κ3) is 2.31. The molecule has 0 heteroatoms. The topological polar surface area (TPSA) is 0 Å². The molecule has 4 saturated carbocycles. The third-order valence-corrected chi connectivity index (χ3v) is 8.79. The van der Waals surface area contributed by atoms with Crippen molar-refractivity contribution in [3.05, 3.63) is 12.7 Å². The zero-order valence-electron chi connectivity index (χ0n) is 14.7. The minimum atomic E-state index is 0.728. The van der Waals surface area contributed by atoms with E-state index >= 15 is 0 Å². The summed E-state index contributed by atoms with van der Waals surface area (Å²) >= 11 is 0. The van der Waals surface area contributed by atoms with E-state index in [0.717, 1.165) is 40.9 Å². The van der Waals surface area contributed by atoms with Crippen LogP contribution in [0, 0.1) is 40.9 Å². The van der Waals surface area contributed by atoms with E-state index in [1.807, 2.05) is 0 Å². The molecule has 0 aliphatic heterocycles. The number of fused-ring (bicyclic) bond motifs is 5. The van der Waals surface area contributed by atoms with E-state index in [1.165, 1.54) is 32.1 Å². The highest BCUT2D eigenvalue weighted by Crippen LogP contribution is 2.64. The first kappa shape index (κ1) is 15.3. The van der Waals surface area contributed by atoms with Crippen LogP contribution in [0.2, 0.25) is 0 Å². The second-order valence-electron chi connectivity index (χ2n) is 9.40. The van der Waals surface area contributed by atoms with Gasteiger partial charge in [0.25, 0.3) is 0 Å². The van der Waals surface area contributed by atoms with Crippen LogP contribution in [0.3, 0.4) is 0 Å². The molecule has 4 fully saturated rings. The summed E-state index contributed by atoms with van der Waals surface area (Å²) in [6.45, 7) is 6.65. The quantitative estimate of drug-likeness (QED) is 0.514. The summed E-state index contributed by atoms with van der Waals surface area (Å²) in [5.74, 6) is 6.51. The Hall–Kier alpha value is -0.260. The molecule has 0 saturated heterocycles. The van der Waals surface area contributed by atoms with Crippen LogP contribution in [-0.4, -0.2) is 0 Å². The highest BCUT2D eigenvalue weighted by Gasteiger charge is 2.55. The second kappa shape index (κ2) is 5.99. The van der Waals surface area contributed by atoms with Gasteiger partial charge in [0.1, 0.15) is 0 Å². The van der Waals surface area contributed by atoms with Gasteiger partial charge in [0, 0.05) is 0 Å². The van der Waals surface area contributed by atoms with Crippen molar-refractivity contribution in [3.63, 3.8) is 0 Å². The molecule has 124 valence electrons. The molecule has 0 spiro atoms. The summed E-state index contributed by atoms with van der Waals surface area (Å²) < 4.78 is 0. The minimum Gasteiger partial charge on any atom is -0.103 e. The molecular weight excluding hydrogens is 264 g/mol. The summed E-state index contributed by atoms with van der Waals surface area (Å²) in [5.41, 5.74) is 0.728. The standard InChI is InChI=1S/C22H36/c1-3-4-7-16-9-11-19-18(16)13-14-21-20(19)12-10-17-8-5-6-15-22(17,21)2/h3,16-21H,1,4-15H2,2H3. The van der Waals surface area contributed by atoms with E-state index in [-0.39, 0.29) is 0 Å². The molecule has 4 rings (SSSR count).